The van der Waals surface area contributed by atoms with Crippen molar-refractivity contribution in [1.29, 1.82) is 0 Å². The summed E-state index contributed by atoms with van der Waals surface area (Å²) in [6.45, 7) is 4.83. The molecule has 0 aromatic heterocycles. The average Bonchev–Trinajstić information content (AvgIpc) is 2.62. The summed E-state index contributed by atoms with van der Waals surface area (Å²) in [5, 5.41) is 12.2. The van der Waals surface area contributed by atoms with Crippen LogP contribution in [-0.4, -0.2) is 30.2 Å². The highest BCUT2D eigenvalue weighted by Crippen LogP contribution is 2.38. The second-order valence-electron chi connectivity index (χ2n) is 6.80. The van der Waals surface area contributed by atoms with Crippen molar-refractivity contribution >= 4 is 17.6 Å². The predicted molar refractivity (Wildman–Crippen MR) is 99.7 cm³/mol. The first kappa shape index (κ1) is 18.1. The van der Waals surface area contributed by atoms with Crippen molar-refractivity contribution in [2.45, 2.75) is 32.1 Å². The molecule has 1 aliphatic rings. The molecule has 136 valence electrons. The van der Waals surface area contributed by atoms with Gasteiger partial charge < -0.3 is 15.2 Å². The second-order valence-corrected chi connectivity index (χ2v) is 6.80. The molecular formula is C21H23NO4. The van der Waals surface area contributed by atoms with Crippen LogP contribution in [0.1, 0.15) is 39.9 Å². The number of rotatable bonds is 4. The molecule has 0 radical (unpaired) electrons. The molecule has 0 aliphatic carbocycles. The van der Waals surface area contributed by atoms with Gasteiger partial charge in [-0.05, 0) is 61.6 Å². The smallest absolute Gasteiger partial charge is 0.335 e. The minimum atomic E-state index is -0.971. The molecule has 1 fully saturated rings. The number of benzene rings is 2. The van der Waals surface area contributed by atoms with Crippen LogP contribution in [-0.2, 0) is 14.9 Å². The van der Waals surface area contributed by atoms with Crippen LogP contribution >= 0.6 is 0 Å². The lowest BCUT2D eigenvalue weighted by Crippen LogP contribution is -2.45. The Labute approximate surface area is 153 Å². The highest BCUT2D eigenvalue weighted by molar-refractivity contribution is 6.00. The molecule has 1 heterocycles. The number of aryl methyl sites for hydroxylation is 2. The molecule has 0 unspecified atom stereocenters. The molecule has 2 N–H and O–H groups in total. The molecule has 2 aromatic carbocycles. The van der Waals surface area contributed by atoms with Crippen LogP contribution in [0.4, 0.5) is 5.69 Å². The van der Waals surface area contributed by atoms with Gasteiger partial charge in [-0.3, -0.25) is 4.79 Å². The molecule has 0 spiro atoms. The molecule has 1 amide bonds. The first-order valence-electron chi connectivity index (χ1n) is 8.73. The van der Waals surface area contributed by atoms with Gasteiger partial charge in [0.15, 0.2) is 0 Å². The van der Waals surface area contributed by atoms with Gasteiger partial charge in [0.2, 0.25) is 5.91 Å². The van der Waals surface area contributed by atoms with E-state index in [0.29, 0.717) is 37.3 Å². The van der Waals surface area contributed by atoms with Crippen LogP contribution in [0, 0.1) is 13.8 Å². The molecule has 3 rings (SSSR count). The minimum Gasteiger partial charge on any atom is -0.478 e. The van der Waals surface area contributed by atoms with E-state index >= 15 is 0 Å². The normalized spacial score (nSPS) is 16.1. The average molecular weight is 353 g/mol. The van der Waals surface area contributed by atoms with Crippen molar-refractivity contribution < 1.29 is 19.4 Å². The van der Waals surface area contributed by atoms with Gasteiger partial charge in [0.25, 0.3) is 0 Å². The van der Waals surface area contributed by atoms with Crippen LogP contribution in [0.25, 0.3) is 0 Å². The predicted octanol–water partition coefficient (Wildman–Crippen LogP) is 3.69. The topological polar surface area (TPSA) is 75.6 Å². The molecule has 0 bridgehead atoms. The van der Waals surface area contributed by atoms with Crippen molar-refractivity contribution in [3.8, 4) is 0 Å². The van der Waals surface area contributed by atoms with E-state index in [0.717, 1.165) is 11.1 Å². The maximum Gasteiger partial charge on any atom is 0.335 e. The van der Waals surface area contributed by atoms with E-state index in [-0.39, 0.29) is 11.5 Å². The largest absolute Gasteiger partial charge is 0.478 e. The van der Waals surface area contributed by atoms with Crippen molar-refractivity contribution in [2.24, 2.45) is 0 Å². The molecule has 1 aliphatic heterocycles. The number of ether oxygens (including phenoxy) is 1. The SMILES string of the molecule is Cc1cc(NC(=O)C2(c3ccccc3C)CCOCC2)ccc1C(=O)O. The van der Waals surface area contributed by atoms with Gasteiger partial charge in [0.1, 0.15) is 0 Å². The Bertz CT molecular complexity index is 838. The zero-order valence-corrected chi connectivity index (χ0v) is 15.0. The molecule has 26 heavy (non-hydrogen) atoms. The van der Waals surface area contributed by atoms with E-state index in [9.17, 15) is 9.59 Å². The fourth-order valence-electron chi connectivity index (χ4n) is 3.68. The maximum absolute atomic E-state index is 13.3. The monoisotopic (exact) mass is 353 g/mol. The van der Waals surface area contributed by atoms with Gasteiger partial charge in [-0.25, -0.2) is 4.79 Å². The molecule has 5 nitrogen and oxygen atoms in total. The molecule has 2 aromatic rings. The van der Waals surface area contributed by atoms with Crippen molar-refractivity contribution in [3.63, 3.8) is 0 Å². The maximum atomic E-state index is 13.3. The third-order valence-electron chi connectivity index (χ3n) is 5.16. The Morgan fingerprint density at radius 3 is 2.35 bits per heavy atom. The summed E-state index contributed by atoms with van der Waals surface area (Å²) in [6.07, 6.45) is 1.24. The number of anilines is 1. The van der Waals surface area contributed by atoms with Crippen LogP contribution in [0.3, 0.4) is 0 Å². The summed E-state index contributed by atoms with van der Waals surface area (Å²) < 4.78 is 5.50. The molecular weight excluding hydrogens is 330 g/mol. The Morgan fingerprint density at radius 1 is 1.04 bits per heavy atom. The Hall–Kier alpha value is -2.66. The van der Waals surface area contributed by atoms with Gasteiger partial charge in [-0.2, -0.15) is 0 Å². The van der Waals surface area contributed by atoms with Gasteiger partial charge in [0, 0.05) is 18.9 Å². The number of carboxylic acids is 1. The van der Waals surface area contributed by atoms with E-state index in [2.05, 4.69) is 5.32 Å². The zero-order chi connectivity index (χ0) is 18.7. The molecule has 0 saturated carbocycles. The first-order chi connectivity index (χ1) is 12.4. The number of hydrogen-bond acceptors (Lipinski definition) is 3. The summed E-state index contributed by atoms with van der Waals surface area (Å²) in [4.78, 5) is 24.5. The number of amides is 1. The van der Waals surface area contributed by atoms with E-state index in [4.69, 9.17) is 9.84 Å². The number of hydrogen-bond donors (Lipinski definition) is 2. The van der Waals surface area contributed by atoms with Crippen LogP contribution < -0.4 is 5.32 Å². The van der Waals surface area contributed by atoms with Crippen molar-refractivity contribution in [1.82, 2.24) is 0 Å². The molecule has 1 saturated heterocycles. The first-order valence-corrected chi connectivity index (χ1v) is 8.73. The third kappa shape index (κ3) is 3.35. The lowest BCUT2D eigenvalue weighted by atomic mass is 9.71. The minimum absolute atomic E-state index is 0.0717. The Balaban J connectivity index is 1.93. The summed E-state index contributed by atoms with van der Waals surface area (Å²) >= 11 is 0. The quantitative estimate of drug-likeness (QED) is 0.879. The zero-order valence-electron chi connectivity index (χ0n) is 15.0. The number of aromatic carboxylic acids is 1. The number of carbonyl (C=O) groups is 2. The van der Waals surface area contributed by atoms with Crippen LogP contribution in [0.15, 0.2) is 42.5 Å². The van der Waals surface area contributed by atoms with E-state index in [1.165, 1.54) is 6.07 Å². The summed E-state index contributed by atoms with van der Waals surface area (Å²) in [5.41, 5.74) is 2.94. The lowest BCUT2D eigenvalue weighted by Gasteiger charge is -2.37. The Morgan fingerprint density at radius 2 is 1.73 bits per heavy atom. The summed E-state index contributed by atoms with van der Waals surface area (Å²) in [6, 6.07) is 12.8. The number of nitrogens with one attached hydrogen (secondary N) is 1. The van der Waals surface area contributed by atoms with Gasteiger partial charge in [-0.15, -0.1) is 0 Å². The highest BCUT2D eigenvalue weighted by atomic mass is 16.5. The number of carbonyl (C=O) groups excluding carboxylic acids is 1. The number of carboxylic acid groups (broad SMARTS) is 1. The summed E-state index contributed by atoms with van der Waals surface area (Å²) in [7, 11) is 0. The van der Waals surface area contributed by atoms with Gasteiger partial charge in [0.05, 0.1) is 11.0 Å². The van der Waals surface area contributed by atoms with E-state index < -0.39 is 11.4 Å². The molecule has 5 heteroatoms. The van der Waals surface area contributed by atoms with Crippen LogP contribution in [0.2, 0.25) is 0 Å². The summed E-state index contributed by atoms with van der Waals surface area (Å²) in [5.74, 6) is -1.04. The standard InChI is InChI=1S/C21H23NO4/c1-14-5-3-4-6-18(14)21(9-11-26-12-10-21)20(25)22-16-7-8-17(19(23)24)15(2)13-16/h3-8,13H,9-12H2,1-2H3,(H,22,25)(H,23,24). The third-order valence-corrected chi connectivity index (χ3v) is 5.16. The van der Waals surface area contributed by atoms with Crippen molar-refractivity contribution in [3.05, 3.63) is 64.7 Å². The Kier molecular flexibility index (Phi) is 5.09. The second kappa shape index (κ2) is 7.30. The fraction of sp³-hybridized carbons (Fsp3) is 0.333. The molecule has 0 atom stereocenters. The lowest BCUT2D eigenvalue weighted by molar-refractivity contribution is -0.125. The van der Waals surface area contributed by atoms with Gasteiger partial charge >= 0.3 is 5.97 Å². The van der Waals surface area contributed by atoms with Crippen LogP contribution in [0.5, 0.6) is 0 Å². The van der Waals surface area contributed by atoms with E-state index in [1.807, 2.05) is 31.2 Å². The van der Waals surface area contributed by atoms with Crippen molar-refractivity contribution in [2.75, 3.05) is 18.5 Å². The fourth-order valence-corrected chi connectivity index (χ4v) is 3.68. The highest BCUT2D eigenvalue weighted by Gasteiger charge is 2.42. The van der Waals surface area contributed by atoms with E-state index in [1.54, 1.807) is 19.1 Å². The van der Waals surface area contributed by atoms with Gasteiger partial charge in [-0.1, -0.05) is 24.3 Å².